The lowest BCUT2D eigenvalue weighted by atomic mass is 10.1. The number of aromatic nitrogens is 2. The summed E-state index contributed by atoms with van der Waals surface area (Å²) in [6, 6.07) is 13.0. The predicted molar refractivity (Wildman–Crippen MR) is 110 cm³/mol. The highest BCUT2D eigenvalue weighted by atomic mass is 35.5. The van der Waals surface area contributed by atoms with Crippen LogP contribution in [0, 0.1) is 0 Å². The number of rotatable bonds is 5. The van der Waals surface area contributed by atoms with Gasteiger partial charge in [0.05, 0.1) is 29.9 Å². The summed E-state index contributed by atoms with van der Waals surface area (Å²) in [7, 11) is 1.54. The fourth-order valence-corrected chi connectivity index (χ4v) is 3.42. The van der Waals surface area contributed by atoms with Crippen molar-refractivity contribution >= 4 is 28.2 Å². The second-order valence-corrected chi connectivity index (χ2v) is 6.89. The Hall–Kier alpha value is -3.25. The Labute approximate surface area is 166 Å². The molecule has 28 heavy (non-hydrogen) atoms. The highest BCUT2D eigenvalue weighted by Crippen LogP contribution is 2.30. The van der Waals surface area contributed by atoms with Crippen LogP contribution in [-0.2, 0) is 0 Å². The third kappa shape index (κ3) is 3.46. The van der Waals surface area contributed by atoms with Gasteiger partial charge in [0.2, 0.25) is 0 Å². The Morgan fingerprint density at radius 1 is 1.21 bits per heavy atom. The van der Waals surface area contributed by atoms with Crippen LogP contribution in [0.25, 0.3) is 22.0 Å². The van der Waals surface area contributed by atoms with Crippen LogP contribution >= 0.6 is 11.6 Å². The molecule has 0 aliphatic carbocycles. The molecule has 0 saturated carbocycles. The van der Waals surface area contributed by atoms with E-state index < -0.39 is 0 Å². The summed E-state index contributed by atoms with van der Waals surface area (Å²) < 4.78 is 10.1. The van der Waals surface area contributed by atoms with E-state index in [2.05, 4.69) is 15.5 Å². The first-order valence-electron chi connectivity index (χ1n) is 8.72. The lowest BCUT2D eigenvalue weighted by Crippen LogP contribution is -2.19. The van der Waals surface area contributed by atoms with Gasteiger partial charge in [-0.3, -0.25) is 4.79 Å². The second-order valence-electron chi connectivity index (χ2n) is 6.49. The van der Waals surface area contributed by atoms with E-state index in [9.17, 15) is 4.79 Å². The molecular weight excluding hydrogens is 378 g/mol. The van der Waals surface area contributed by atoms with Crippen molar-refractivity contribution in [2.45, 2.75) is 13.0 Å². The average Bonchev–Trinajstić information content (AvgIpc) is 3.22. The molecule has 1 atom stereocenters. The van der Waals surface area contributed by atoms with Gasteiger partial charge >= 0.3 is 0 Å². The number of fused-ring (bicyclic) bond motifs is 1. The third-order valence-corrected chi connectivity index (χ3v) is 4.92. The number of hydrogen-bond acceptors (Lipinski definition) is 5. The van der Waals surface area contributed by atoms with Gasteiger partial charge in [0.25, 0.3) is 5.56 Å². The van der Waals surface area contributed by atoms with Gasteiger partial charge in [0, 0.05) is 28.3 Å². The molecule has 2 N–H and O–H groups in total. The van der Waals surface area contributed by atoms with Crippen molar-refractivity contribution in [3.05, 3.63) is 75.9 Å². The molecule has 0 spiro atoms. The number of halogens is 1. The van der Waals surface area contributed by atoms with Crippen molar-refractivity contribution in [2.75, 3.05) is 12.4 Å². The number of aromatic amines is 1. The molecule has 0 radical (unpaired) electrons. The van der Waals surface area contributed by atoms with E-state index >= 15 is 0 Å². The van der Waals surface area contributed by atoms with E-state index in [-0.39, 0.29) is 11.6 Å². The van der Waals surface area contributed by atoms with Crippen molar-refractivity contribution < 1.29 is 9.26 Å². The molecule has 142 valence electrons. The van der Waals surface area contributed by atoms with Gasteiger partial charge in [-0.2, -0.15) is 0 Å². The molecule has 0 bridgehead atoms. The Bertz CT molecular complexity index is 1190. The number of H-pyrrole nitrogens is 1. The van der Waals surface area contributed by atoms with Crippen molar-refractivity contribution in [3.8, 4) is 16.9 Å². The summed E-state index contributed by atoms with van der Waals surface area (Å²) in [4.78, 5) is 15.5. The lowest BCUT2D eigenvalue weighted by Gasteiger charge is -2.16. The van der Waals surface area contributed by atoms with E-state index in [1.54, 1.807) is 31.7 Å². The molecular formula is C21H18ClN3O3. The minimum Gasteiger partial charge on any atom is -0.495 e. The number of nitrogens with zero attached hydrogens (tertiary/aromatic N) is 1. The molecule has 6 nitrogen and oxygen atoms in total. The fourth-order valence-electron chi connectivity index (χ4n) is 3.17. The molecule has 4 aromatic rings. The van der Waals surface area contributed by atoms with Gasteiger partial charge in [-0.1, -0.05) is 28.9 Å². The van der Waals surface area contributed by atoms with E-state index in [0.717, 1.165) is 22.2 Å². The van der Waals surface area contributed by atoms with Gasteiger partial charge in [0.15, 0.2) is 0 Å². The predicted octanol–water partition coefficient (Wildman–Crippen LogP) is 5.02. The lowest BCUT2D eigenvalue weighted by molar-refractivity contribution is 0.415. The first-order valence-corrected chi connectivity index (χ1v) is 9.10. The van der Waals surface area contributed by atoms with Crippen LogP contribution < -0.4 is 15.6 Å². The zero-order valence-corrected chi connectivity index (χ0v) is 16.1. The van der Waals surface area contributed by atoms with Gasteiger partial charge < -0.3 is 19.6 Å². The summed E-state index contributed by atoms with van der Waals surface area (Å²) in [6.45, 7) is 1.94. The average molecular weight is 396 g/mol. The van der Waals surface area contributed by atoms with E-state index in [1.165, 1.54) is 0 Å². The zero-order valence-electron chi connectivity index (χ0n) is 15.3. The molecule has 0 aliphatic heterocycles. The summed E-state index contributed by atoms with van der Waals surface area (Å²) in [5, 5.41) is 8.45. The number of methoxy groups -OCH3 is 1. The van der Waals surface area contributed by atoms with Crippen molar-refractivity contribution in [1.29, 1.82) is 0 Å². The maximum atomic E-state index is 12.6. The summed E-state index contributed by atoms with van der Waals surface area (Å²) in [5.41, 5.74) is 3.89. The first-order chi connectivity index (χ1) is 13.5. The van der Waals surface area contributed by atoms with Crippen molar-refractivity contribution in [1.82, 2.24) is 10.1 Å². The van der Waals surface area contributed by atoms with Gasteiger partial charge in [0.1, 0.15) is 12.0 Å². The van der Waals surface area contributed by atoms with Crippen molar-refractivity contribution in [2.24, 2.45) is 0 Å². The summed E-state index contributed by atoms with van der Waals surface area (Å²) in [6.07, 6.45) is 3.25. The molecule has 0 fully saturated rings. The minimum absolute atomic E-state index is 0.160. The third-order valence-electron chi connectivity index (χ3n) is 4.62. The fraction of sp³-hybridized carbons (Fsp3) is 0.143. The largest absolute Gasteiger partial charge is 0.495 e. The van der Waals surface area contributed by atoms with E-state index in [1.807, 2.05) is 37.3 Å². The van der Waals surface area contributed by atoms with Crippen LogP contribution in [0.1, 0.15) is 18.5 Å². The Kier molecular flexibility index (Phi) is 4.79. The molecule has 7 heteroatoms. The van der Waals surface area contributed by atoms with Crippen LogP contribution in [0.5, 0.6) is 5.75 Å². The quantitative estimate of drug-likeness (QED) is 0.496. The molecule has 1 unspecified atom stereocenters. The highest BCUT2D eigenvalue weighted by Gasteiger charge is 2.13. The van der Waals surface area contributed by atoms with Crippen LogP contribution in [-0.4, -0.2) is 17.3 Å². The van der Waals surface area contributed by atoms with Crippen molar-refractivity contribution in [3.63, 3.8) is 0 Å². The smallest absolute Gasteiger partial charge is 0.253 e. The Balaban J connectivity index is 1.65. The Morgan fingerprint density at radius 2 is 2.07 bits per heavy atom. The van der Waals surface area contributed by atoms with E-state index in [0.29, 0.717) is 21.9 Å². The van der Waals surface area contributed by atoms with Gasteiger partial charge in [-0.25, -0.2) is 0 Å². The SMILES string of the molecule is COc1cc2[nH]c(=O)c(C(C)Nc3cccc(-c4cnoc4)c3)cc2cc1Cl. The minimum atomic E-state index is -0.216. The number of hydrogen-bond donors (Lipinski definition) is 2. The topological polar surface area (TPSA) is 80.2 Å². The van der Waals surface area contributed by atoms with Gasteiger partial charge in [-0.05, 0) is 36.8 Å². The summed E-state index contributed by atoms with van der Waals surface area (Å²) in [5.74, 6) is 0.522. The molecule has 0 amide bonds. The van der Waals surface area contributed by atoms with E-state index in [4.69, 9.17) is 20.9 Å². The molecule has 2 aromatic heterocycles. The van der Waals surface area contributed by atoms with Crippen LogP contribution in [0.4, 0.5) is 5.69 Å². The number of pyridine rings is 1. The normalized spacial score (nSPS) is 12.1. The number of nitrogens with one attached hydrogen (secondary N) is 2. The van der Waals surface area contributed by atoms with Crippen LogP contribution in [0.15, 0.2) is 64.2 Å². The Morgan fingerprint density at radius 3 is 2.82 bits per heavy atom. The maximum absolute atomic E-state index is 12.6. The zero-order chi connectivity index (χ0) is 19.7. The maximum Gasteiger partial charge on any atom is 0.253 e. The molecule has 0 saturated heterocycles. The molecule has 4 rings (SSSR count). The highest BCUT2D eigenvalue weighted by molar-refractivity contribution is 6.32. The molecule has 2 heterocycles. The monoisotopic (exact) mass is 395 g/mol. The number of ether oxygens (including phenoxy) is 1. The summed E-state index contributed by atoms with van der Waals surface area (Å²) >= 11 is 6.23. The van der Waals surface area contributed by atoms with Crippen LogP contribution in [0.3, 0.4) is 0 Å². The molecule has 2 aromatic carbocycles. The second kappa shape index (κ2) is 7.40. The first kappa shape index (κ1) is 18.1. The van der Waals surface area contributed by atoms with Crippen LogP contribution in [0.2, 0.25) is 5.02 Å². The number of benzene rings is 2. The number of anilines is 1. The standard InChI is InChI=1S/C21H18ClN3O3/c1-12(24-16-5-3-4-13(6-16)15-10-23-28-11-15)17-7-14-8-18(22)20(27-2)9-19(14)25-21(17)26/h3-12,24H,1-2H3,(H,25,26). The van der Waals surface area contributed by atoms with Gasteiger partial charge in [-0.15, -0.1) is 0 Å². The molecule has 0 aliphatic rings.